The zero-order valence-corrected chi connectivity index (χ0v) is 7.62. The van der Waals surface area contributed by atoms with E-state index in [-0.39, 0.29) is 0 Å². The van der Waals surface area contributed by atoms with Crippen LogP contribution in [0, 0.1) is 16.2 Å². The van der Waals surface area contributed by atoms with Crippen molar-refractivity contribution in [3.05, 3.63) is 0 Å². The molecule has 10 heavy (non-hydrogen) atoms. The molecule has 0 radical (unpaired) electrons. The Morgan fingerprint density at radius 3 is 1.80 bits per heavy atom. The molecule has 0 aromatic carbocycles. The van der Waals surface area contributed by atoms with Gasteiger partial charge in [0, 0.05) is 0 Å². The Bertz CT molecular complexity index is 182. The van der Waals surface area contributed by atoms with Gasteiger partial charge in [-0.15, -0.1) is 0 Å². The van der Waals surface area contributed by atoms with Crippen molar-refractivity contribution in [3.63, 3.8) is 0 Å². The summed E-state index contributed by atoms with van der Waals surface area (Å²) in [5.41, 5.74) is 2.19. The molecule has 0 aromatic rings. The first-order valence-electron chi connectivity index (χ1n) is 4.47. The molecule has 0 nitrogen and oxygen atoms in total. The Hall–Kier alpha value is 0. The molecule has 0 N–H and O–H groups in total. The van der Waals surface area contributed by atoms with E-state index in [1.807, 2.05) is 0 Å². The molecule has 0 spiro atoms. The number of hydrogen-bond acceptors (Lipinski definition) is 0. The molecule has 0 aliphatic heterocycles. The van der Waals surface area contributed by atoms with Crippen LogP contribution in [0.1, 0.15) is 47.0 Å². The molecule has 3 unspecified atom stereocenters. The SMILES string of the molecule is CCC1(C)CC2(C)CC12C. The zero-order valence-electron chi connectivity index (χ0n) is 7.62. The first-order valence-corrected chi connectivity index (χ1v) is 4.47. The Kier molecular flexibility index (Phi) is 0.874. The molecule has 2 aliphatic carbocycles. The van der Waals surface area contributed by atoms with Crippen LogP contribution in [0.2, 0.25) is 0 Å². The smallest absolute Gasteiger partial charge is 0.0212 e. The van der Waals surface area contributed by atoms with E-state index >= 15 is 0 Å². The molecule has 2 saturated carbocycles. The fourth-order valence-corrected chi connectivity index (χ4v) is 3.40. The van der Waals surface area contributed by atoms with Crippen LogP contribution in [0.4, 0.5) is 0 Å². The standard InChI is InChI=1S/C10H18/c1-5-8(2)6-9(3)7-10(8,9)4/h5-7H2,1-4H3. The van der Waals surface area contributed by atoms with Gasteiger partial charge in [0.25, 0.3) is 0 Å². The molecule has 0 saturated heterocycles. The van der Waals surface area contributed by atoms with Crippen molar-refractivity contribution in [2.45, 2.75) is 47.0 Å². The van der Waals surface area contributed by atoms with Gasteiger partial charge < -0.3 is 0 Å². The van der Waals surface area contributed by atoms with Crippen molar-refractivity contribution < 1.29 is 0 Å². The van der Waals surface area contributed by atoms with Gasteiger partial charge >= 0.3 is 0 Å². The summed E-state index contributed by atoms with van der Waals surface area (Å²) in [5.74, 6) is 0. The summed E-state index contributed by atoms with van der Waals surface area (Å²) in [5, 5.41) is 0. The molecule has 2 aliphatic rings. The van der Waals surface area contributed by atoms with Gasteiger partial charge in [-0.2, -0.15) is 0 Å². The molecular formula is C10H18. The molecule has 0 heteroatoms. The summed E-state index contributed by atoms with van der Waals surface area (Å²) in [7, 11) is 0. The lowest BCUT2D eigenvalue weighted by molar-refractivity contribution is -0.00824. The van der Waals surface area contributed by atoms with E-state index in [4.69, 9.17) is 0 Å². The lowest BCUT2D eigenvalue weighted by Crippen LogP contribution is -2.42. The highest BCUT2D eigenvalue weighted by Gasteiger charge is 2.77. The monoisotopic (exact) mass is 138 g/mol. The van der Waals surface area contributed by atoms with Crippen molar-refractivity contribution in [1.29, 1.82) is 0 Å². The highest BCUT2D eigenvalue weighted by Crippen LogP contribution is 2.86. The summed E-state index contributed by atoms with van der Waals surface area (Å²) >= 11 is 0. The second kappa shape index (κ2) is 1.31. The van der Waals surface area contributed by atoms with Gasteiger partial charge in [-0.1, -0.05) is 34.1 Å². The summed E-state index contributed by atoms with van der Waals surface area (Å²) in [6.45, 7) is 9.72. The minimum atomic E-state index is 0.696. The van der Waals surface area contributed by atoms with Gasteiger partial charge in [0.2, 0.25) is 0 Å². The van der Waals surface area contributed by atoms with Crippen molar-refractivity contribution in [2.24, 2.45) is 16.2 Å². The van der Waals surface area contributed by atoms with Crippen LogP contribution >= 0.6 is 0 Å². The maximum Gasteiger partial charge on any atom is -0.0212 e. The van der Waals surface area contributed by atoms with Crippen LogP contribution < -0.4 is 0 Å². The Labute approximate surface area is 64.0 Å². The largest absolute Gasteiger partial charge is 0.0648 e. The third-order valence-electron chi connectivity index (χ3n) is 4.84. The number of hydrogen-bond donors (Lipinski definition) is 0. The molecule has 58 valence electrons. The highest BCUT2D eigenvalue weighted by atomic mass is 14.8. The Balaban J connectivity index is 2.22. The van der Waals surface area contributed by atoms with Gasteiger partial charge in [0.15, 0.2) is 0 Å². The lowest BCUT2D eigenvalue weighted by atomic mass is 9.55. The molecule has 0 amide bonds. The van der Waals surface area contributed by atoms with Gasteiger partial charge in [-0.3, -0.25) is 0 Å². The predicted molar refractivity (Wildman–Crippen MR) is 43.8 cm³/mol. The molecular weight excluding hydrogens is 120 g/mol. The van der Waals surface area contributed by atoms with Gasteiger partial charge in [-0.25, -0.2) is 0 Å². The second-order valence-electron chi connectivity index (χ2n) is 5.16. The van der Waals surface area contributed by atoms with Crippen molar-refractivity contribution in [1.82, 2.24) is 0 Å². The third kappa shape index (κ3) is 0.408. The first kappa shape index (κ1) is 6.69. The first-order chi connectivity index (χ1) is 4.47. The molecule has 0 aromatic heterocycles. The van der Waals surface area contributed by atoms with E-state index in [0.717, 1.165) is 10.8 Å². The normalized spacial score (nSPS) is 64.8. The van der Waals surface area contributed by atoms with Crippen LogP contribution in [0.25, 0.3) is 0 Å². The highest BCUT2D eigenvalue weighted by molar-refractivity contribution is 5.26. The lowest BCUT2D eigenvalue weighted by Gasteiger charge is -2.50. The Morgan fingerprint density at radius 2 is 1.70 bits per heavy atom. The van der Waals surface area contributed by atoms with Crippen LogP contribution in [-0.2, 0) is 0 Å². The summed E-state index contributed by atoms with van der Waals surface area (Å²) < 4.78 is 0. The summed E-state index contributed by atoms with van der Waals surface area (Å²) in [4.78, 5) is 0. The van der Waals surface area contributed by atoms with Crippen molar-refractivity contribution >= 4 is 0 Å². The van der Waals surface area contributed by atoms with Gasteiger partial charge in [0.05, 0.1) is 0 Å². The third-order valence-corrected chi connectivity index (χ3v) is 4.84. The number of fused-ring (bicyclic) bond motifs is 1. The maximum atomic E-state index is 2.47. The fraction of sp³-hybridized carbons (Fsp3) is 1.00. The Morgan fingerprint density at radius 1 is 1.10 bits per heavy atom. The molecule has 2 rings (SSSR count). The average molecular weight is 138 g/mol. The van der Waals surface area contributed by atoms with E-state index in [1.165, 1.54) is 19.3 Å². The molecule has 3 atom stereocenters. The summed E-state index contributed by atoms with van der Waals surface area (Å²) in [6, 6.07) is 0. The van der Waals surface area contributed by atoms with E-state index in [1.54, 1.807) is 0 Å². The fourth-order valence-electron chi connectivity index (χ4n) is 3.40. The van der Waals surface area contributed by atoms with E-state index in [2.05, 4.69) is 27.7 Å². The minimum absolute atomic E-state index is 0.696. The van der Waals surface area contributed by atoms with Crippen LogP contribution in [0.5, 0.6) is 0 Å². The zero-order chi connectivity index (χ0) is 7.62. The van der Waals surface area contributed by atoms with Crippen LogP contribution in [0.3, 0.4) is 0 Å². The van der Waals surface area contributed by atoms with Crippen LogP contribution in [-0.4, -0.2) is 0 Å². The average Bonchev–Trinajstić information content (AvgIpc) is 2.30. The van der Waals surface area contributed by atoms with Crippen molar-refractivity contribution in [2.75, 3.05) is 0 Å². The number of rotatable bonds is 1. The maximum absolute atomic E-state index is 2.47. The quantitative estimate of drug-likeness (QED) is 0.522. The van der Waals surface area contributed by atoms with Crippen LogP contribution in [0.15, 0.2) is 0 Å². The van der Waals surface area contributed by atoms with Crippen molar-refractivity contribution in [3.8, 4) is 0 Å². The van der Waals surface area contributed by atoms with Gasteiger partial charge in [-0.05, 0) is 29.1 Å². The topological polar surface area (TPSA) is 0 Å². The second-order valence-corrected chi connectivity index (χ2v) is 5.16. The molecule has 0 heterocycles. The molecule has 0 bridgehead atoms. The molecule has 2 fully saturated rings. The van der Waals surface area contributed by atoms with Gasteiger partial charge in [0.1, 0.15) is 0 Å². The summed E-state index contributed by atoms with van der Waals surface area (Å²) in [6.07, 6.45) is 4.34. The minimum Gasteiger partial charge on any atom is -0.0648 e. The van der Waals surface area contributed by atoms with E-state index < -0.39 is 0 Å². The van der Waals surface area contributed by atoms with E-state index in [0.29, 0.717) is 5.41 Å². The predicted octanol–water partition coefficient (Wildman–Crippen LogP) is 3.22. The van der Waals surface area contributed by atoms with E-state index in [9.17, 15) is 0 Å².